The van der Waals surface area contributed by atoms with Gasteiger partial charge in [0.2, 0.25) is 10.9 Å². The molecule has 0 fully saturated rings. The first-order valence-electron chi connectivity index (χ1n) is 8.77. The van der Waals surface area contributed by atoms with E-state index in [0.717, 1.165) is 15.9 Å². The van der Waals surface area contributed by atoms with Gasteiger partial charge in [-0.1, -0.05) is 54.6 Å². The van der Waals surface area contributed by atoms with Crippen molar-refractivity contribution < 1.29 is 13.0 Å². The Bertz CT molecular complexity index is 1060. The van der Waals surface area contributed by atoms with Crippen molar-refractivity contribution >= 4 is 33.3 Å². The lowest BCUT2D eigenvalue weighted by Gasteiger charge is -2.32. The summed E-state index contributed by atoms with van der Waals surface area (Å²) < 4.78 is 34.0. The molecule has 0 aliphatic rings. The molecule has 2 atom stereocenters. The summed E-state index contributed by atoms with van der Waals surface area (Å²) in [6, 6.07) is 31.2. The summed E-state index contributed by atoms with van der Waals surface area (Å²) in [6.45, 7) is 0. The minimum absolute atomic E-state index is 0.757. The van der Waals surface area contributed by atoms with E-state index in [4.69, 9.17) is 0 Å². The molecule has 3 rings (SSSR count). The molecule has 29 heavy (non-hydrogen) atoms. The highest BCUT2D eigenvalue weighted by molar-refractivity contribution is 7.97. The number of nitriles is 2. The minimum Gasteiger partial charge on any atom is -0.284 e. The number of rotatable bonds is 6. The van der Waals surface area contributed by atoms with E-state index in [1.54, 1.807) is 6.07 Å². The zero-order valence-electron chi connectivity index (χ0n) is 15.3. The zero-order valence-corrected chi connectivity index (χ0v) is 17.0. The Kier molecular flexibility index (Phi) is 6.11. The van der Waals surface area contributed by atoms with E-state index >= 15 is 0 Å². The van der Waals surface area contributed by atoms with E-state index in [-0.39, 0.29) is 0 Å². The van der Waals surface area contributed by atoms with Crippen LogP contribution in [0.25, 0.3) is 0 Å². The first-order valence-corrected chi connectivity index (χ1v) is 12.1. The van der Waals surface area contributed by atoms with Crippen LogP contribution in [0.1, 0.15) is 0 Å². The Labute approximate surface area is 171 Å². The van der Waals surface area contributed by atoms with Crippen molar-refractivity contribution in [3.8, 4) is 12.1 Å². The average Bonchev–Trinajstić information content (AvgIpc) is 2.75. The van der Waals surface area contributed by atoms with Crippen LogP contribution in [0.4, 0.5) is 0 Å². The van der Waals surface area contributed by atoms with Crippen molar-refractivity contribution in [2.45, 2.75) is 10.9 Å². The predicted octanol–water partition coefficient (Wildman–Crippen LogP) is 2.65. The molecule has 3 aromatic rings. The average molecular weight is 421 g/mol. The van der Waals surface area contributed by atoms with Crippen LogP contribution < -0.4 is 15.9 Å². The second-order valence-corrected chi connectivity index (χ2v) is 11.5. The molecule has 0 heterocycles. The normalized spacial score (nSPS) is 13.6. The fraction of sp³-hybridized carbons (Fsp3) is 0.0909. The molecule has 7 heteroatoms. The van der Waals surface area contributed by atoms with Gasteiger partial charge < -0.3 is 0 Å². The van der Waals surface area contributed by atoms with Crippen LogP contribution in [0.15, 0.2) is 91.0 Å². The Hall–Kier alpha value is -3.02. The van der Waals surface area contributed by atoms with Gasteiger partial charge in [-0.15, -0.1) is 0 Å². The van der Waals surface area contributed by atoms with Gasteiger partial charge in [-0.25, -0.2) is 0 Å². The van der Waals surface area contributed by atoms with Crippen LogP contribution in [-0.2, 0) is 10.1 Å². The van der Waals surface area contributed by atoms with E-state index < -0.39 is 28.3 Å². The lowest BCUT2D eigenvalue weighted by atomic mass is 10.3. The number of hydrogen-bond donors (Lipinski definition) is 1. The van der Waals surface area contributed by atoms with Crippen molar-refractivity contribution in [2.24, 2.45) is 0 Å². The van der Waals surface area contributed by atoms with Crippen LogP contribution in [-0.4, -0.2) is 23.9 Å². The molecular weight excluding hydrogens is 403 g/mol. The number of nitrogens with zero attached hydrogens (tertiary/aromatic N) is 2. The fourth-order valence-electron chi connectivity index (χ4n) is 3.58. The lowest BCUT2D eigenvalue weighted by Crippen LogP contribution is -2.45. The van der Waals surface area contributed by atoms with Crippen molar-refractivity contribution in [1.29, 1.82) is 10.5 Å². The van der Waals surface area contributed by atoms with Crippen LogP contribution in [0.5, 0.6) is 0 Å². The van der Waals surface area contributed by atoms with Gasteiger partial charge >= 0.3 is 0 Å². The van der Waals surface area contributed by atoms with Gasteiger partial charge in [0.1, 0.15) is 29.2 Å². The van der Waals surface area contributed by atoms with Gasteiger partial charge in [-0.2, -0.15) is 18.9 Å². The first kappa shape index (κ1) is 20.7. The van der Waals surface area contributed by atoms with Crippen molar-refractivity contribution in [2.75, 3.05) is 0 Å². The molecular formula is C22H18N2O3PS+. The molecule has 0 aromatic heterocycles. The summed E-state index contributed by atoms with van der Waals surface area (Å²) in [5.74, 6) is 0. The molecule has 0 saturated carbocycles. The molecule has 0 radical (unpaired) electrons. The Morgan fingerprint density at radius 1 is 0.690 bits per heavy atom. The number of benzene rings is 3. The molecule has 0 aliphatic heterocycles. The summed E-state index contributed by atoms with van der Waals surface area (Å²) in [6.07, 6.45) is 0. The van der Waals surface area contributed by atoms with Crippen LogP contribution in [0.3, 0.4) is 0 Å². The molecule has 2 unspecified atom stereocenters. The topological polar surface area (TPSA) is 102 Å². The van der Waals surface area contributed by atoms with E-state index in [1.807, 2.05) is 91.0 Å². The van der Waals surface area contributed by atoms with Gasteiger partial charge in [-0.05, 0) is 36.4 Å². The smallest absolute Gasteiger partial charge is 0.284 e. The highest BCUT2D eigenvalue weighted by atomic mass is 32.2. The van der Waals surface area contributed by atoms with Crippen LogP contribution >= 0.6 is 7.26 Å². The Morgan fingerprint density at radius 2 is 1.03 bits per heavy atom. The summed E-state index contributed by atoms with van der Waals surface area (Å²) in [7, 11) is -7.74. The second-order valence-electron chi connectivity index (χ2n) is 6.37. The van der Waals surface area contributed by atoms with Crippen molar-refractivity contribution in [3.05, 3.63) is 91.0 Å². The second kappa shape index (κ2) is 8.55. The number of hydrogen-bond acceptors (Lipinski definition) is 4. The molecule has 144 valence electrons. The van der Waals surface area contributed by atoms with Crippen molar-refractivity contribution in [1.82, 2.24) is 0 Å². The van der Waals surface area contributed by atoms with E-state index in [1.165, 1.54) is 0 Å². The monoisotopic (exact) mass is 421 g/mol. The van der Waals surface area contributed by atoms with Gasteiger partial charge in [0, 0.05) is 0 Å². The molecule has 0 amide bonds. The largest absolute Gasteiger partial charge is 0.286 e. The van der Waals surface area contributed by atoms with Crippen LogP contribution in [0.2, 0.25) is 0 Å². The molecule has 1 N–H and O–H groups in total. The minimum atomic E-state index is -4.79. The molecule has 0 bridgehead atoms. The third-order valence-electron chi connectivity index (χ3n) is 4.77. The van der Waals surface area contributed by atoms with E-state index in [9.17, 15) is 23.5 Å². The fourth-order valence-corrected chi connectivity index (χ4v) is 9.54. The predicted molar refractivity (Wildman–Crippen MR) is 115 cm³/mol. The quantitative estimate of drug-likeness (QED) is 0.487. The van der Waals surface area contributed by atoms with E-state index in [2.05, 4.69) is 6.07 Å². The van der Waals surface area contributed by atoms with Crippen LogP contribution in [0, 0.1) is 22.7 Å². The standard InChI is InChI=1S/C22H17N2O3PS/c23-16-21(22(17-24)29(25,26)27)28(18-10-4-1-5-11-18,19-12-6-2-7-13-19)20-14-8-3-9-15-20/h1-15,21-22H/p+1. The maximum absolute atomic E-state index is 12.1. The highest BCUT2D eigenvalue weighted by Crippen LogP contribution is 2.61. The molecule has 0 saturated heterocycles. The van der Waals surface area contributed by atoms with Crippen molar-refractivity contribution in [3.63, 3.8) is 0 Å². The summed E-state index contributed by atoms with van der Waals surface area (Å²) >= 11 is 0. The highest BCUT2D eigenvalue weighted by Gasteiger charge is 2.59. The van der Waals surface area contributed by atoms with Gasteiger partial charge in [0.05, 0.1) is 6.07 Å². The van der Waals surface area contributed by atoms with E-state index in [0.29, 0.717) is 0 Å². The lowest BCUT2D eigenvalue weighted by molar-refractivity contribution is 0.476. The Balaban J connectivity index is 2.50. The Morgan fingerprint density at radius 3 is 1.28 bits per heavy atom. The summed E-state index contributed by atoms with van der Waals surface area (Å²) in [5.41, 5.74) is -1.30. The first-order chi connectivity index (χ1) is 14.0. The summed E-state index contributed by atoms with van der Waals surface area (Å²) in [5, 5.41) is 20.2. The van der Waals surface area contributed by atoms with Gasteiger partial charge in [-0.3, -0.25) is 4.55 Å². The zero-order chi connectivity index (χ0) is 20.9. The van der Waals surface area contributed by atoms with Gasteiger partial charge in [0.25, 0.3) is 10.1 Å². The maximum atomic E-state index is 12.1. The third kappa shape index (κ3) is 3.79. The SMILES string of the molecule is N#CC(C(C#N)S(=O)(=O)O)[P+](c1ccccc1)(c1ccccc1)c1ccccc1. The molecule has 0 spiro atoms. The van der Waals surface area contributed by atoms with Gasteiger partial charge in [0.15, 0.2) is 0 Å². The molecule has 3 aromatic carbocycles. The third-order valence-corrected chi connectivity index (χ3v) is 10.6. The summed E-state index contributed by atoms with van der Waals surface area (Å²) in [4.78, 5) is 0. The molecule has 0 aliphatic carbocycles. The molecule has 5 nitrogen and oxygen atoms in total. The maximum Gasteiger partial charge on any atom is 0.286 e.